The van der Waals surface area contributed by atoms with E-state index in [1.165, 1.54) is 11.6 Å². The average Bonchev–Trinajstić information content (AvgIpc) is 2.80. The fourth-order valence-corrected chi connectivity index (χ4v) is 4.14. The Bertz CT molecular complexity index is 1030. The van der Waals surface area contributed by atoms with Crippen molar-refractivity contribution in [3.05, 3.63) is 51.0 Å². The first-order chi connectivity index (χ1) is 15.8. The molecular formula is C27H37Cl2NO4. The summed E-state index contributed by atoms with van der Waals surface area (Å²) >= 11 is 12.4. The molecule has 2 aromatic rings. The second-order valence-corrected chi connectivity index (χ2v) is 10.7. The van der Waals surface area contributed by atoms with Crippen LogP contribution < -0.4 is 10.2 Å². The zero-order valence-corrected chi connectivity index (χ0v) is 22.9. The number of benzene rings is 2. The van der Waals surface area contributed by atoms with Crippen LogP contribution in [0.15, 0.2) is 24.3 Å². The van der Waals surface area contributed by atoms with E-state index in [2.05, 4.69) is 52.9 Å². The summed E-state index contributed by atoms with van der Waals surface area (Å²) in [6.45, 7) is 16.5. The molecule has 5 nitrogen and oxygen atoms in total. The monoisotopic (exact) mass is 509 g/mol. The first-order valence-electron chi connectivity index (χ1n) is 11.8. The maximum Gasteiger partial charge on any atom is 0.257 e. The Morgan fingerprint density at radius 2 is 1.68 bits per heavy atom. The zero-order chi connectivity index (χ0) is 25.8. The van der Waals surface area contributed by atoms with Gasteiger partial charge in [0.05, 0.1) is 10.7 Å². The van der Waals surface area contributed by atoms with E-state index in [9.17, 15) is 9.90 Å². The molecule has 0 radical (unpaired) electrons. The molecule has 1 unspecified atom stereocenters. The molecular weight excluding hydrogens is 473 g/mol. The third-order valence-corrected chi connectivity index (χ3v) is 7.55. The minimum absolute atomic E-state index is 0.0308. The minimum atomic E-state index is -0.966. The van der Waals surface area contributed by atoms with Crippen molar-refractivity contribution in [2.45, 2.75) is 91.6 Å². The van der Waals surface area contributed by atoms with Crippen LogP contribution in [0.25, 0.3) is 0 Å². The Kier molecular flexibility index (Phi) is 9.31. The maximum absolute atomic E-state index is 12.7. The van der Waals surface area contributed by atoms with Crippen LogP contribution in [0.4, 0.5) is 5.69 Å². The summed E-state index contributed by atoms with van der Waals surface area (Å²) in [5, 5.41) is 13.5. The molecule has 0 aromatic heterocycles. The van der Waals surface area contributed by atoms with Crippen LogP contribution in [0.3, 0.4) is 0 Å². The van der Waals surface area contributed by atoms with E-state index in [1.807, 2.05) is 19.1 Å². The fourth-order valence-electron chi connectivity index (χ4n) is 3.42. The van der Waals surface area contributed by atoms with Gasteiger partial charge in [0, 0.05) is 10.6 Å². The van der Waals surface area contributed by atoms with Crippen molar-refractivity contribution in [2.24, 2.45) is 0 Å². The van der Waals surface area contributed by atoms with Crippen LogP contribution in [0.1, 0.15) is 84.9 Å². The molecule has 1 amide bonds. The Morgan fingerprint density at radius 3 is 2.24 bits per heavy atom. The minimum Gasteiger partial charge on any atom is -0.504 e. The number of hydrogen-bond acceptors (Lipinski definition) is 4. The Morgan fingerprint density at radius 1 is 1.06 bits per heavy atom. The molecule has 34 heavy (non-hydrogen) atoms. The Balaban J connectivity index is 2.22. The van der Waals surface area contributed by atoms with Gasteiger partial charge in [0.1, 0.15) is 0 Å². The molecule has 2 N–H and O–H groups in total. The van der Waals surface area contributed by atoms with E-state index in [0.717, 1.165) is 18.4 Å². The van der Waals surface area contributed by atoms with Gasteiger partial charge in [-0.3, -0.25) is 4.79 Å². The molecule has 0 fully saturated rings. The van der Waals surface area contributed by atoms with Crippen LogP contribution >= 0.6 is 23.2 Å². The molecule has 2 rings (SSSR count). The van der Waals surface area contributed by atoms with E-state index in [1.54, 1.807) is 6.92 Å². The van der Waals surface area contributed by atoms with Gasteiger partial charge in [-0.15, -0.1) is 0 Å². The van der Waals surface area contributed by atoms with Crippen LogP contribution in [-0.2, 0) is 26.9 Å². The van der Waals surface area contributed by atoms with Gasteiger partial charge in [0.25, 0.3) is 5.91 Å². The zero-order valence-electron chi connectivity index (χ0n) is 21.4. The lowest BCUT2D eigenvalue weighted by Crippen LogP contribution is -2.29. The summed E-state index contributed by atoms with van der Waals surface area (Å²) in [6.07, 6.45) is 1.50. The van der Waals surface area contributed by atoms with Gasteiger partial charge in [0.2, 0.25) is 0 Å². The quantitative estimate of drug-likeness (QED) is 0.193. The van der Waals surface area contributed by atoms with Gasteiger partial charge in [-0.2, -0.15) is 4.89 Å². The van der Waals surface area contributed by atoms with Crippen LogP contribution in [0.5, 0.6) is 11.5 Å². The molecule has 0 spiro atoms. The molecule has 0 aliphatic rings. The summed E-state index contributed by atoms with van der Waals surface area (Å²) in [4.78, 5) is 23.9. The van der Waals surface area contributed by atoms with Crippen molar-refractivity contribution < 1.29 is 19.7 Å². The fraction of sp³-hybridized carbons (Fsp3) is 0.519. The number of anilines is 1. The van der Waals surface area contributed by atoms with Crippen LogP contribution in [-0.4, -0.2) is 17.1 Å². The van der Waals surface area contributed by atoms with E-state index in [4.69, 9.17) is 33.0 Å². The predicted molar refractivity (Wildman–Crippen MR) is 140 cm³/mol. The number of carbonyl (C=O) groups excluding carboxylic acids is 1. The summed E-state index contributed by atoms with van der Waals surface area (Å²) in [6, 6.07) is 7.59. The number of amides is 1. The summed E-state index contributed by atoms with van der Waals surface area (Å²) in [5.74, 6) is -0.166. The summed E-state index contributed by atoms with van der Waals surface area (Å²) < 4.78 is 0. The lowest BCUT2D eigenvalue weighted by atomic mass is 9.76. The molecule has 0 aliphatic carbocycles. The van der Waals surface area contributed by atoms with Gasteiger partial charge in [-0.05, 0) is 60.3 Å². The van der Waals surface area contributed by atoms with Crippen molar-refractivity contribution in [2.75, 3.05) is 5.32 Å². The smallest absolute Gasteiger partial charge is 0.257 e. The van der Waals surface area contributed by atoms with Gasteiger partial charge in [0.15, 0.2) is 17.6 Å². The number of rotatable bonds is 10. The lowest BCUT2D eigenvalue weighted by Gasteiger charge is -2.30. The molecule has 2 aromatic carbocycles. The van der Waals surface area contributed by atoms with Crippen molar-refractivity contribution in [3.63, 3.8) is 0 Å². The normalized spacial score (nSPS) is 13.0. The first kappa shape index (κ1) is 28.3. The highest BCUT2D eigenvalue weighted by molar-refractivity contribution is 6.37. The number of aromatic hydroxyl groups is 1. The largest absolute Gasteiger partial charge is 0.504 e. The molecule has 0 aliphatic heterocycles. The predicted octanol–water partition coefficient (Wildman–Crippen LogP) is 7.97. The van der Waals surface area contributed by atoms with Crippen LogP contribution in [0, 0.1) is 0 Å². The van der Waals surface area contributed by atoms with Gasteiger partial charge in [-0.1, -0.05) is 83.8 Å². The number of phenolic OH excluding ortho intramolecular Hbond substituents is 1. The molecule has 7 heteroatoms. The molecule has 0 saturated heterocycles. The number of halogens is 2. The molecule has 0 saturated carbocycles. The van der Waals surface area contributed by atoms with Gasteiger partial charge in [-0.25, -0.2) is 0 Å². The number of phenols is 1. The Labute approximate surface area is 213 Å². The number of carbonyl (C=O) groups is 1. The number of nitrogens with one attached hydrogen (secondary N) is 1. The number of hydrogen-bond donors (Lipinski definition) is 2. The van der Waals surface area contributed by atoms with E-state index < -0.39 is 12.0 Å². The molecule has 0 heterocycles. The third-order valence-electron chi connectivity index (χ3n) is 6.81. The molecule has 188 valence electrons. The third kappa shape index (κ3) is 6.18. The molecule has 1 atom stereocenters. The van der Waals surface area contributed by atoms with E-state index >= 15 is 0 Å². The lowest BCUT2D eigenvalue weighted by molar-refractivity contribution is -0.235. The highest BCUT2D eigenvalue weighted by Gasteiger charge is 2.28. The van der Waals surface area contributed by atoms with Crippen molar-refractivity contribution >= 4 is 34.8 Å². The SMILES string of the molecule is CCc1c(Cl)cc(NC(=O)C(C)OOc2ccc(C(C)(C)CC)cc2C(C)(C)CC)c(O)c1Cl. The van der Waals surface area contributed by atoms with Crippen molar-refractivity contribution in [1.82, 2.24) is 0 Å². The highest BCUT2D eigenvalue weighted by atomic mass is 35.5. The van der Waals surface area contributed by atoms with E-state index in [-0.39, 0.29) is 27.3 Å². The standard InChI is InChI=1S/C27H37Cl2NO4/c1-9-18-20(28)15-21(24(31)23(18)29)30-25(32)16(4)33-34-22-13-12-17(26(5,6)10-2)14-19(22)27(7,8)11-3/h12-16,31H,9-11H2,1-8H3,(H,30,32). The van der Waals surface area contributed by atoms with Gasteiger partial charge >= 0.3 is 0 Å². The second kappa shape index (κ2) is 11.2. The van der Waals surface area contributed by atoms with Crippen molar-refractivity contribution in [3.8, 4) is 11.5 Å². The first-order valence-corrected chi connectivity index (χ1v) is 12.5. The maximum atomic E-state index is 12.7. The second-order valence-electron chi connectivity index (χ2n) is 9.90. The molecule has 0 bridgehead atoms. The van der Waals surface area contributed by atoms with E-state index in [0.29, 0.717) is 22.8 Å². The van der Waals surface area contributed by atoms with Gasteiger partial charge < -0.3 is 15.3 Å². The Hall–Kier alpha value is -1.95. The highest BCUT2D eigenvalue weighted by Crippen LogP contribution is 2.40. The van der Waals surface area contributed by atoms with Crippen molar-refractivity contribution in [1.29, 1.82) is 0 Å². The summed E-state index contributed by atoms with van der Waals surface area (Å²) in [5.41, 5.74) is 2.86. The van der Waals surface area contributed by atoms with Crippen LogP contribution in [0.2, 0.25) is 10.0 Å². The topological polar surface area (TPSA) is 67.8 Å². The summed E-state index contributed by atoms with van der Waals surface area (Å²) in [7, 11) is 0. The average molecular weight is 511 g/mol.